The molecule has 0 aromatic heterocycles. The molecule has 7 nitrogen and oxygen atoms in total. The van der Waals surface area contributed by atoms with Crippen molar-refractivity contribution >= 4 is 29.0 Å². The van der Waals surface area contributed by atoms with Crippen molar-refractivity contribution in [3.8, 4) is 0 Å². The van der Waals surface area contributed by atoms with Crippen molar-refractivity contribution in [2.45, 2.75) is 26.7 Å². The maximum atomic E-state index is 12.7. The summed E-state index contributed by atoms with van der Waals surface area (Å²) in [6.07, 6.45) is 1.57. The molecule has 0 unspecified atom stereocenters. The minimum Gasteiger partial charge on any atom is -0.382 e. The van der Waals surface area contributed by atoms with E-state index in [1.165, 1.54) is 0 Å². The van der Waals surface area contributed by atoms with Crippen molar-refractivity contribution in [3.63, 3.8) is 0 Å². The molecule has 3 N–H and O–H groups in total. The summed E-state index contributed by atoms with van der Waals surface area (Å²) in [6, 6.07) is 12.6. The van der Waals surface area contributed by atoms with Gasteiger partial charge in [0.2, 0.25) is 0 Å². The first-order valence-electron chi connectivity index (χ1n) is 10.3. The van der Waals surface area contributed by atoms with Crippen LogP contribution in [0.2, 0.25) is 0 Å². The molecule has 2 rings (SSSR count). The number of rotatable bonds is 10. The Labute approximate surface area is 178 Å². The predicted octanol–water partition coefficient (Wildman–Crippen LogP) is 4.12. The lowest BCUT2D eigenvalue weighted by Crippen LogP contribution is -2.28. The standard InChI is InChI=1S/C23H32N4O3/c1-5-17-10-7-8-11-20(17)26-23(29)25-18-12-13-21(27(3)4)19(16-18)22(28)24-14-9-15-30-6-2/h7-8,10-13,16H,5-6,9,14-15H2,1-4H3,(H,24,28)(H2,25,26,29). The summed E-state index contributed by atoms with van der Waals surface area (Å²) in [7, 11) is 3.76. The van der Waals surface area contributed by atoms with E-state index in [1.807, 2.05) is 63.2 Å². The minimum atomic E-state index is -0.350. The van der Waals surface area contributed by atoms with Gasteiger partial charge < -0.3 is 25.6 Å². The summed E-state index contributed by atoms with van der Waals surface area (Å²) in [6.45, 7) is 5.78. The number of para-hydroxylation sites is 1. The maximum absolute atomic E-state index is 12.7. The molecule has 2 aromatic rings. The van der Waals surface area contributed by atoms with Gasteiger partial charge in [0, 0.05) is 50.9 Å². The van der Waals surface area contributed by atoms with E-state index in [-0.39, 0.29) is 11.9 Å². The molecule has 0 radical (unpaired) electrons. The third-order valence-electron chi connectivity index (χ3n) is 4.58. The molecule has 3 amide bonds. The molecule has 162 valence electrons. The Morgan fingerprint density at radius 1 is 1.03 bits per heavy atom. The zero-order valence-corrected chi connectivity index (χ0v) is 18.2. The zero-order valence-electron chi connectivity index (χ0n) is 18.2. The van der Waals surface area contributed by atoms with E-state index < -0.39 is 0 Å². The second-order valence-electron chi connectivity index (χ2n) is 7.02. The molecule has 7 heteroatoms. The molecule has 0 fully saturated rings. The first-order chi connectivity index (χ1) is 14.5. The Hall–Kier alpha value is -3.06. The highest BCUT2D eigenvalue weighted by Gasteiger charge is 2.15. The number of hydrogen-bond donors (Lipinski definition) is 3. The number of carbonyl (C=O) groups is 2. The smallest absolute Gasteiger partial charge is 0.323 e. The van der Waals surface area contributed by atoms with Crippen molar-refractivity contribution in [2.75, 3.05) is 49.4 Å². The molecule has 30 heavy (non-hydrogen) atoms. The normalized spacial score (nSPS) is 10.4. The molecule has 0 heterocycles. The van der Waals surface area contributed by atoms with Gasteiger partial charge in [0.15, 0.2) is 0 Å². The van der Waals surface area contributed by atoms with Crippen molar-refractivity contribution in [1.29, 1.82) is 0 Å². The largest absolute Gasteiger partial charge is 0.382 e. The molecule has 0 aliphatic heterocycles. The van der Waals surface area contributed by atoms with E-state index in [1.54, 1.807) is 12.1 Å². The van der Waals surface area contributed by atoms with E-state index >= 15 is 0 Å². The molecule has 0 atom stereocenters. The summed E-state index contributed by atoms with van der Waals surface area (Å²) in [5.74, 6) is -0.185. The molecular formula is C23H32N4O3. The first kappa shape index (κ1) is 23.2. The van der Waals surface area contributed by atoms with Gasteiger partial charge in [-0.2, -0.15) is 0 Å². The number of amides is 3. The quantitative estimate of drug-likeness (QED) is 0.513. The van der Waals surface area contributed by atoms with E-state index in [0.717, 1.165) is 29.8 Å². The topological polar surface area (TPSA) is 82.7 Å². The fraction of sp³-hybridized carbons (Fsp3) is 0.391. The van der Waals surface area contributed by atoms with Crippen molar-refractivity contribution < 1.29 is 14.3 Å². The first-order valence-corrected chi connectivity index (χ1v) is 10.3. The number of urea groups is 1. The van der Waals surface area contributed by atoms with Crippen molar-refractivity contribution in [1.82, 2.24) is 5.32 Å². The molecule has 0 spiro atoms. The van der Waals surface area contributed by atoms with Crippen LogP contribution in [0.3, 0.4) is 0 Å². The molecule has 0 saturated carbocycles. The van der Waals surface area contributed by atoms with Crippen LogP contribution >= 0.6 is 0 Å². The average molecular weight is 413 g/mol. The van der Waals surface area contributed by atoms with Gasteiger partial charge in [-0.25, -0.2) is 4.79 Å². The predicted molar refractivity (Wildman–Crippen MR) is 123 cm³/mol. The fourth-order valence-electron chi connectivity index (χ4n) is 3.04. The van der Waals surface area contributed by atoms with Crippen molar-refractivity contribution in [2.24, 2.45) is 0 Å². The summed E-state index contributed by atoms with van der Waals surface area (Å²) >= 11 is 0. The second kappa shape index (κ2) is 11.8. The zero-order chi connectivity index (χ0) is 21.9. The molecule has 0 bridgehead atoms. The van der Waals surface area contributed by atoms with Crippen LogP contribution in [0.5, 0.6) is 0 Å². The van der Waals surface area contributed by atoms with Crippen LogP contribution in [-0.2, 0) is 11.2 Å². The highest BCUT2D eigenvalue weighted by molar-refractivity contribution is 6.04. The van der Waals surface area contributed by atoms with Gasteiger partial charge in [0.25, 0.3) is 5.91 Å². The van der Waals surface area contributed by atoms with Gasteiger partial charge in [-0.05, 0) is 49.6 Å². The molecule has 2 aromatic carbocycles. The fourth-order valence-corrected chi connectivity index (χ4v) is 3.04. The van der Waals surface area contributed by atoms with Gasteiger partial charge in [0.05, 0.1) is 5.56 Å². The van der Waals surface area contributed by atoms with E-state index in [9.17, 15) is 9.59 Å². The molecule has 0 aliphatic rings. The summed E-state index contributed by atoms with van der Waals surface area (Å²) < 4.78 is 5.30. The lowest BCUT2D eigenvalue weighted by molar-refractivity contribution is 0.0944. The summed E-state index contributed by atoms with van der Waals surface area (Å²) in [5.41, 5.74) is 3.66. The monoisotopic (exact) mass is 412 g/mol. The highest BCUT2D eigenvalue weighted by atomic mass is 16.5. The van der Waals surface area contributed by atoms with E-state index in [2.05, 4.69) is 16.0 Å². The number of nitrogens with zero attached hydrogens (tertiary/aromatic N) is 1. The number of aryl methyl sites for hydroxylation is 1. The third-order valence-corrected chi connectivity index (χ3v) is 4.58. The summed E-state index contributed by atoms with van der Waals surface area (Å²) in [4.78, 5) is 27.1. The Kier molecular flexibility index (Phi) is 9.15. The minimum absolute atomic E-state index is 0.185. The second-order valence-corrected chi connectivity index (χ2v) is 7.02. The van der Waals surface area contributed by atoms with Gasteiger partial charge in [-0.15, -0.1) is 0 Å². The van der Waals surface area contributed by atoms with Crippen LogP contribution < -0.4 is 20.9 Å². The number of ether oxygens (including phenoxy) is 1. The SMILES string of the molecule is CCOCCCNC(=O)c1cc(NC(=O)Nc2ccccc2CC)ccc1N(C)C. The van der Waals surface area contributed by atoms with Crippen LogP contribution in [0, 0.1) is 0 Å². The van der Waals surface area contributed by atoms with Gasteiger partial charge in [-0.3, -0.25) is 4.79 Å². The lowest BCUT2D eigenvalue weighted by atomic mass is 10.1. The number of anilines is 3. The summed E-state index contributed by atoms with van der Waals surface area (Å²) in [5, 5.41) is 8.61. The van der Waals surface area contributed by atoms with Gasteiger partial charge in [0.1, 0.15) is 0 Å². The number of hydrogen-bond acceptors (Lipinski definition) is 4. The van der Waals surface area contributed by atoms with Crippen LogP contribution in [0.4, 0.5) is 21.9 Å². The average Bonchev–Trinajstić information content (AvgIpc) is 2.73. The Morgan fingerprint density at radius 3 is 2.50 bits per heavy atom. The van der Waals surface area contributed by atoms with Crippen LogP contribution in [0.1, 0.15) is 36.2 Å². The lowest BCUT2D eigenvalue weighted by Gasteiger charge is -2.19. The number of carbonyl (C=O) groups excluding carboxylic acids is 2. The van der Waals surface area contributed by atoms with Crippen LogP contribution in [0.25, 0.3) is 0 Å². The Balaban J connectivity index is 2.08. The van der Waals surface area contributed by atoms with Crippen LogP contribution in [-0.4, -0.2) is 45.8 Å². The number of benzene rings is 2. The highest BCUT2D eigenvalue weighted by Crippen LogP contribution is 2.23. The van der Waals surface area contributed by atoms with E-state index in [4.69, 9.17) is 4.74 Å². The maximum Gasteiger partial charge on any atom is 0.323 e. The Morgan fingerprint density at radius 2 is 1.80 bits per heavy atom. The molecule has 0 saturated heterocycles. The Bertz CT molecular complexity index is 852. The molecule has 0 aliphatic carbocycles. The van der Waals surface area contributed by atoms with Gasteiger partial charge in [-0.1, -0.05) is 25.1 Å². The number of nitrogens with one attached hydrogen (secondary N) is 3. The van der Waals surface area contributed by atoms with Crippen LogP contribution in [0.15, 0.2) is 42.5 Å². The molecular weight excluding hydrogens is 380 g/mol. The van der Waals surface area contributed by atoms with Gasteiger partial charge >= 0.3 is 6.03 Å². The van der Waals surface area contributed by atoms with E-state index in [0.29, 0.717) is 31.0 Å². The van der Waals surface area contributed by atoms with Crippen molar-refractivity contribution in [3.05, 3.63) is 53.6 Å². The third kappa shape index (κ3) is 6.77.